The average Bonchev–Trinajstić information content (AvgIpc) is 2.87. The topological polar surface area (TPSA) is 71.7 Å². The van der Waals surface area contributed by atoms with Crippen LogP contribution in [0.4, 0.5) is 0 Å². The molecular weight excluding hydrogens is 490 g/mol. The number of hydrogen-bond donors (Lipinski definition) is 1. The number of hydrogen-bond acceptors (Lipinski definition) is 5. The molecule has 0 saturated heterocycles. The second kappa shape index (κ2) is 15.0. The molecule has 2 unspecified atom stereocenters. The molecule has 1 aliphatic rings. The van der Waals surface area contributed by atoms with Gasteiger partial charge in [-0.1, -0.05) is 71.7 Å². The first-order valence-electron chi connectivity index (χ1n) is 14.2. The van der Waals surface area contributed by atoms with Crippen molar-refractivity contribution in [3.63, 3.8) is 0 Å². The molecule has 38 heavy (non-hydrogen) atoms. The van der Waals surface area contributed by atoms with Crippen LogP contribution in [-0.2, 0) is 15.8 Å². The molecule has 0 bridgehead atoms. The zero-order valence-electron chi connectivity index (χ0n) is 25.0. The van der Waals surface area contributed by atoms with Crippen LogP contribution < -0.4 is 4.74 Å². The van der Waals surface area contributed by atoms with Crippen molar-refractivity contribution in [3.05, 3.63) is 53.6 Å². The smallest absolute Gasteiger partial charge is 0.192 e. The minimum Gasteiger partial charge on any atom is -0.497 e. The van der Waals surface area contributed by atoms with Crippen molar-refractivity contribution in [1.29, 1.82) is 5.26 Å². The van der Waals surface area contributed by atoms with E-state index in [2.05, 4.69) is 58.1 Å². The van der Waals surface area contributed by atoms with Crippen molar-refractivity contribution in [2.45, 2.75) is 104 Å². The highest BCUT2D eigenvalue weighted by atomic mass is 28.4. The predicted octanol–water partition coefficient (Wildman–Crippen LogP) is 7.82. The van der Waals surface area contributed by atoms with Crippen molar-refractivity contribution < 1.29 is 19.0 Å². The maximum absolute atomic E-state index is 10.3. The van der Waals surface area contributed by atoms with Crippen LogP contribution >= 0.6 is 0 Å². The van der Waals surface area contributed by atoms with E-state index in [9.17, 15) is 10.4 Å². The average molecular weight is 542 g/mol. The van der Waals surface area contributed by atoms with Gasteiger partial charge in [0, 0.05) is 0 Å². The highest BCUT2D eigenvalue weighted by Crippen LogP contribution is 2.42. The van der Waals surface area contributed by atoms with E-state index in [1.165, 1.54) is 12.8 Å². The first-order valence-corrected chi connectivity index (χ1v) is 17.1. The summed E-state index contributed by atoms with van der Waals surface area (Å²) in [5.41, 5.74) is 1.56. The third-order valence-electron chi connectivity index (χ3n) is 8.32. The fourth-order valence-electron chi connectivity index (χ4n) is 4.79. The Morgan fingerprint density at radius 1 is 1.16 bits per heavy atom. The molecule has 0 radical (unpaired) electrons. The zero-order valence-corrected chi connectivity index (χ0v) is 26.0. The van der Waals surface area contributed by atoms with Gasteiger partial charge in [-0.3, -0.25) is 0 Å². The summed E-state index contributed by atoms with van der Waals surface area (Å²) in [6, 6.07) is 10.2. The summed E-state index contributed by atoms with van der Waals surface area (Å²) < 4.78 is 18.6. The molecule has 4 atom stereocenters. The molecule has 2 rings (SSSR count). The van der Waals surface area contributed by atoms with E-state index < -0.39 is 14.4 Å². The van der Waals surface area contributed by atoms with E-state index in [1.54, 1.807) is 13.2 Å². The summed E-state index contributed by atoms with van der Waals surface area (Å²) in [6.07, 6.45) is 10.7. The monoisotopic (exact) mass is 541 g/mol. The molecule has 0 amide bonds. The quantitative estimate of drug-likeness (QED) is 0.157. The van der Waals surface area contributed by atoms with E-state index in [0.29, 0.717) is 24.0 Å². The van der Waals surface area contributed by atoms with Crippen LogP contribution in [0.2, 0.25) is 18.1 Å². The Morgan fingerprint density at radius 3 is 2.39 bits per heavy atom. The number of methoxy groups -OCH3 is 1. The lowest BCUT2D eigenvalue weighted by Gasteiger charge is -2.44. The molecule has 212 valence electrons. The van der Waals surface area contributed by atoms with Gasteiger partial charge in [-0.25, -0.2) is 0 Å². The molecule has 1 aromatic rings. The highest BCUT2D eigenvalue weighted by molar-refractivity contribution is 6.74. The van der Waals surface area contributed by atoms with Crippen molar-refractivity contribution in [2.75, 3.05) is 13.7 Å². The molecule has 0 spiro atoms. The number of nitriles is 1. The van der Waals surface area contributed by atoms with Crippen molar-refractivity contribution in [3.8, 4) is 11.8 Å². The maximum atomic E-state index is 10.3. The normalized spacial score (nSPS) is 20.9. The van der Waals surface area contributed by atoms with Gasteiger partial charge in [-0.05, 0) is 78.9 Å². The maximum Gasteiger partial charge on any atom is 0.192 e. The fraction of sp³-hybridized carbons (Fsp3) is 0.656. The van der Waals surface area contributed by atoms with E-state index >= 15 is 0 Å². The summed E-state index contributed by atoms with van der Waals surface area (Å²) in [5, 5.41) is 19.9. The van der Waals surface area contributed by atoms with E-state index in [-0.39, 0.29) is 17.1 Å². The predicted molar refractivity (Wildman–Crippen MR) is 158 cm³/mol. The second-order valence-electron chi connectivity index (χ2n) is 12.6. The molecule has 1 saturated carbocycles. The van der Waals surface area contributed by atoms with Crippen molar-refractivity contribution in [2.24, 2.45) is 17.8 Å². The van der Waals surface area contributed by atoms with Gasteiger partial charge in [0.15, 0.2) is 8.32 Å². The Morgan fingerprint density at radius 2 is 1.82 bits per heavy atom. The van der Waals surface area contributed by atoms with Crippen LogP contribution in [-0.4, -0.2) is 39.3 Å². The zero-order chi connectivity index (χ0) is 28.3. The number of nitrogens with zero attached hydrogens (tertiary/aromatic N) is 1. The Labute approximate surface area is 233 Å². The lowest BCUT2D eigenvalue weighted by atomic mass is 9.76. The number of ether oxygens (including phenoxy) is 2. The van der Waals surface area contributed by atoms with Gasteiger partial charge in [-0.2, -0.15) is 5.26 Å². The fourth-order valence-corrected chi connectivity index (χ4v) is 6.18. The third kappa shape index (κ3) is 9.68. The molecule has 0 heterocycles. The summed E-state index contributed by atoms with van der Waals surface area (Å²) in [4.78, 5) is 0. The van der Waals surface area contributed by atoms with Gasteiger partial charge >= 0.3 is 0 Å². The van der Waals surface area contributed by atoms with Crippen molar-refractivity contribution >= 4 is 8.32 Å². The number of aliphatic hydroxyl groups excluding tert-OH is 1. The summed E-state index contributed by atoms with van der Waals surface area (Å²) in [5.74, 6) is 1.75. The van der Waals surface area contributed by atoms with E-state index in [4.69, 9.17) is 13.9 Å². The Hall–Kier alpha value is -1.91. The van der Waals surface area contributed by atoms with Crippen LogP contribution in [0.5, 0.6) is 5.75 Å². The third-order valence-corrected chi connectivity index (χ3v) is 12.8. The first kappa shape index (κ1) is 32.3. The van der Waals surface area contributed by atoms with Gasteiger partial charge in [0.05, 0.1) is 44.2 Å². The van der Waals surface area contributed by atoms with Gasteiger partial charge < -0.3 is 19.0 Å². The van der Waals surface area contributed by atoms with E-state index in [1.807, 2.05) is 32.1 Å². The minimum atomic E-state index is -1.99. The van der Waals surface area contributed by atoms with Gasteiger partial charge in [0.25, 0.3) is 0 Å². The number of allylic oxidation sites excluding steroid dienone is 2. The molecule has 0 aliphatic heterocycles. The van der Waals surface area contributed by atoms with Gasteiger partial charge in [-0.15, -0.1) is 0 Å². The van der Waals surface area contributed by atoms with Crippen LogP contribution in [0.1, 0.15) is 72.3 Å². The molecule has 6 heteroatoms. The molecule has 1 aliphatic carbocycles. The molecule has 1 aromatic carbocycles. The summed E-state index contributed by atoms with van der Waals surface area (Å²) in [7, 11) is -0.310. The lowest BCUT2D eigenvalue weighted by molar-refractivity contribution is 0.00140. The largest absolute Gasteiger partial charge is 0.497 e. The van der Waals surface area contributed by atoms with E-state index in [0.717, 1.165) is 37.2 Å². The Bertz CT molecular complexity index is 940. The molecule has 1 N–H and O–H groups in total. The first-order chi connectivity index (χ1) is 17.9. The van der Waals surface area contributed by atoms with Gasteiger partial charge in [0.2, 0.25) is 0 Å². The van der Waals surface area contributed by atoms with Gasteiger partial charge in [0.1, 0.15) is 5.75 Å². The van der Waals surface area contributed by atoms with Crippen LogP contribution in [0.25, 0.3) is 0 Å². The molecule has 1 fully saturated rings. The molecular formula is C32H51NO4Si. The Kier molecular flexibility index (Phi) is 12.8. The minimum absolute atomic E-state index is 0.00452. The van der Waals surface area contributed by atoms with Crippen LogP contribution in [0, 0.1) is 29.1 Å². The van der Waals surface area contributed by atoms with Crippen LogP contribution in [0.15, 0.2) is 48.1 Å². The molecule has 5 nitrogen and oxygen atoms in total. The Balaban J connectivity index is 2.16. The van der Waals surface area contributed by atoms with Crippen molar-refractivity contribution in [1.82, 2.24) is 0 Å². The summed E-state index contributed by atoms with van der Waals surface area (Å²) >= 11 is 0. The summed E-state index contributed by atoms with van der Waals surface area (Å²) in [6.45, 7) is 16.7. The number of benzene rings is 1. The standard InChI is InChI=1S/C32H51NO4Si/c1-24(2)31(34)26(21-33)13-10-12-16-30(37-38(7,8)32(3,4)5)29-15-11-9-14-27(29)23-36-22-25-17-19-28(35-6)20-18-25/h10,12-13,17-20,24,27,29-31,34H,9,11,14-16,22-23H2,1-8H3/b12-10+,26-13+/t27-,29+,30?,31?/m0/s1. The highest BCUT2D eigenvalue weighted by Gasteiger charge is 2.42. The number of rotatable bonds is 13. The lowest BCUT2D eigenvalue weighted by Crippen LogP contribution is -2.47. The SMILES string of the molecule is COc1ccc(COC[C@@H]2CCCC[C@H]2C(C/C=C/C=C(\C#N)C(O)C(C)C)O[Si](C)(C)C(C)(C)C)cc1. The molecule has 0 aromatic heterocycles. The number of aliphatic hydroxyl groups is 1. The van der Waals surface area contributed by atoms with Crippen LogP contribution in [0.3, 0.4) is 0 Å². The second-order valence-corrected chi connectivity index (χ2v) is 17.3.